The number of hydrogen-bond donors (Lipinski definition) is 2. The van der Waals surface area contributed by atoms with Crippen molar-refractivity contribution in [2.75, 3.05) is 5.32 Å². The van der Waals surface area contributed by atoms with E-state index < -0.39 is 11.2 Å². The molecule has 1 aromatic heterocycles. The van der Waals surface area contributed by atoms with E-state index in [0.29, 0.717) is 9.47 Å². The summed E-state index contributed by atoms with van der Waals surface area (Å²) in [6.07, 6.45) is 0. The van der Waals surface area contributed by atoms with Crippen LogP contribution in [0.25, 0.3) is 0 Å². The highest BCUT2D eigenvalue weighted by Gasteiger charge is 2.15. The maximum Gasteiger partial charge on any atom is 0.316 e. The Morgan fingerprint density at radius 1 is 1.53 bits per heavy atom. The van der Waals surface area contributed by atoms with Gasteiger partial charge in [0.1, 0.15) is 5.25 Å². The molecule has 0 aliphatic carbocycles. The zero-order valence-corrected chi connectivity index (χ0v) is 9.68. The highest BCUT2D eigenvalue weighted by atomic mass is 32.2. The van der Waals surface area contributed by atoms with Crippen LogP contribution < -0.4 is 5.32 Å². The van der Waals surface area contributed by atoms with Crippen molar-refractivity contribution in [3.05, 3.63) is 0 Å². The van der Waals surface area contributed by atoms with E-state index in [0.717, 1.165) is 23.1 Å². The van der Waals surface area contributed by atoms with E-state index in [4.69, 9.17) is 5.11 Å². The smallest absolute Gasteiger partial charge is 0.316 e. The van der Waals surface area contributed by atoms with Gasteiger partial charge in [0.05, 0.1) is 0 Å². The summed E-state index contributed by atoms with van der Waals surface area (Å²) >= 11 is 2.25. The number of rotatable bonds is 4. The summed E-state index contributed by atoms with van der Waals surface area (Å²) in [5.74, 6) is -1.13. The van der Waals surface area contributed by atoms with Crippen molar-refractivity contribution in [3.8, 4) is 0 Å². The molecule has 0 aliphatic rings. The number of amides is 1. The fraction of sp³-hybridized carbons (Fsp3) is 0.429. The predicted molar refractivity (Wildman–Crippen MR) is 57.2 cm³/mol. The quantitative estimate of drug-likeness (QED) is 0.610. The summed E-state index contributed by atoms with van der Waals surface area (Å²) in [7, 11) is 0. The molecule has 0 aliphatic heterocycles. The van der Waals surface area contributed by atoms with Crippen LogP contribution in [0.1, 0.15) is 13.8 Å². The zero-order valence-electron chi connectivity index (χ0n) is 8.05. The number of carboxylic acid groups (broad SMARTS) is 1. The van der Waals surface area contributed by atoms with E-state index in [1.807, 2.05) is 0 Å². The lowest BCUT2D eigenvalue weighted by Gasteiger charge is -1.99. The summed E-state index contributed by atoms with van der Waals surface area (Å²) in [6.45, 7) is 2.93. The standard InChI is InChI=1S/C7H9N3O3S2/c1-3(5(12)13)14-7-10-9-6(15-7)8-4(2)11/h3H,1-2H3,(H,12,13)(H,8,9,11). The fourth-order valence-corrected chi connectivity index (χ4v) is 2.54. The lowest BCUT2D eigenvalue weighted by molar-refractivity contribution is -0.136. The van der Waals surface area contributed by atoms with E-state index in [2.05, 4.69) is 15.5 Å². The molecule has 15 heavy (non-hydrogen) atoms. The molecule has 82 valence electrons. The van der Waals surface area contributed by atoms with Gasteiger partial charge in [-0.3, -0.25) is 9.59 Å². The van der Waals surface area contributed by atoms with E-state index in [-0.39, 0.29) is 5.91 Å². The van der Waals surface area contributed by atoms with Crippen molar-refractivity contribution in [1.82, 2.24) is 10.2 Å². The highest BCUT2D eigenvalue weighted by Crippen LogP contribution is 2.28. The summed E-state index contributed by atoms with van der Waals surface area (Å²) < 4.78 is 0.522. The third kappa shape index (κ3) is 3.84. The van der Waals surface area contributed by atoms with Crippen LogP contribution in [0.5, 0.6) is 0 Å². The van der Waals surface area contributed by atoms with Gasteiger partial charge in [-0.05, 0) is 6.92 Å². The van der Waals surface area contributed by atoms with Crippen molar-refractivity contribution >= 4 is 40.1 Å². The van der Waals surface area contributed by atoms with Gasteiger partial charge in [-0.25, -0.2) is 0 Å². The van der Waals surface area contributed by atoms with Gasteiger partial charge in [-0.15, -0.1) is 10.2 Å². The minimum Gasteiger partial charge on any atom is -0.480 e. The van der Waals surface area contributed by atoms with E-state index >= 15 is 0 Å². The molecule has 1 aromatic rings. The molecular formula is C7H9N3O3S2. The van der Waals surface area contributed by atoms with Gasteiger partial charge in [0.15, 0.2) is 4.34 Å². The molecule has 8 heteroatoms. The Hall–Kier alpha value is -1.15. The van der Waals surface area contributed by atoms with Crippen LogP contribution in [0.15, 0.2) is 4.34 Å². The Labute approximate surface area is 94.1 Å². The largest absolute Gasteiger partial charge is 0.480 e. The second kappa shape index (κ2) is 5.08. The lowest BCUT2D eigenvalue weighted by Crippen LogP contribution is -2.10. The molecule has 0 saturated carbocycles. The first kappa shape index (κ1) is 11.9. The van der Waals surface area contributed by atoms with Gasteiger partial charge < -0.3 is 10.4 Å². The average Bonchev–Trinajstić information content (AvgIpc) is 2.51. The molecule has 0 spiro atoms. The highest BCUT2D eigenvalue weighted by molar-refractivity contribution is 8.02. The number of aliphatic carboxylic acids is 1. The summed E-state index contributed by atoms with van der Waals surface area (Å²) in [5.41, 5.74) is 0. The number of nitrogens with zero attached hydrogens (tertiary/aromatic N) is 2. The molecule has 1 amide bonds. The van der Waals surface area contributed by atoms with Gasteiger partial charge in [0.25, 0.3) is 0 Å². The lowest BCUT2D eigenvalue weighted by atomic mass is 10.5. The monoisotopic (exact) mass is 247 g/mol. The van der Waals surface area contributed by atoms with Gasteiger partial charge in [-0.2, -0.15) is 0 Å². The average molecular weight is 247 g/mol. The van der Waals surface area contributed by atoms with Gasteiger partial charge in [-0.1, -0.05) is 23.1 Å². The maximum absolute atomic E-state index is 10.7. The number of nitrogens with one attached hydrogen (secondary N) is 1. The number of hydrogen-bond acceptors (Lipinski definition) is 6. The number of aromatic nitrogens is 2. The SMILES string of the molecule is CC(=O)Nc1nnc(SC(C)C(=O)O)s1. The molecule has 6 nitrogen and oxygen atoms in total. The molecule has 0 radical (unpaired) electrons. The molecule has 0 saturated heterocycles. The first-order chi connectivity index (χ1) is 6.99. The molecular weight excluding hydrogens is 238 g/mol. The van der Waals surface area contributed by atoms with Crippen LogP contribution in [-0.4, -0.2) is 32.4 Å². The molecule has 2 N–H and O–H groups in total. The zero-order chi connectivity index (χ0) is 11.4. The van der Waals surface area contributed by atoms with Gasteiger partial charge >= 0.3 is 5.97 Å². The topological polar surface area (TPSA) is 92.2 Å². The van der Waals surface area contributed by atoms with Crippen LogP contribution in [0.3, 0.4) is 0 Å². The molecule has 1 unspecified atom stereocenters. The van der Waals surface area contributed by atoms with Crippen molar-refractivity contribution in [1.29, 1.82) is 0 Å². The summed E-state index contributed by atoms with van der Waals surface area (Å²) in [4.78, 5) is 21.2. The molecule has 0 bridgehead atoms. The van der Waals surface area contributed by atoms with Crippen LogP contribution in [0.4, 0.5) is 5.13 Å². The first-order valence-electron chi connectivity index (χ1n) is 3.99. The van der Waals surface area contributed by atoms with Crippen molar-refractivity contribution in [2.45, 2.75) is 23.4 Å². The molecule has 0 aromatic carbocycles. The first-order valence-corrected chi connectivity index (χ1v) is 5.69. The minimum atomic E-state index is -0.906. The molecule has 1 heterocycles. The Kier molecular flexibility index (Phi) is 4.04. The van der Waals surface area contributed by atoms with Crippen LogP contribution in [0, 0.1) is 0 Å². The van der Waals surface area contributed by atoms with Gasteiger partial charge in [0, 0.05) is 6.92 Å². The van der Waals surface area contributed by atoms with E-state index in [1.165, 1.54) is 6.92 Å². The van der Waals surface area contributed by atoms with Gasteiger partial charge in [0.2, 0.25) is 11.0 Å². The van der Waals surface area contributed by atoms with Crippen molar-refractivity contribution in [2.24, 2.45) is 0 Å². The van der Waals surface area contributed by atoms with Crippen LogP contribution in [0.2, 0.25) is 0 Å². The Morgan fingerprint density at radius 2 is 2.20 bits per heavy atom. The maximum atomic E-state index is 10.7. The second-order valence-electron chi connectivity index (χ2n) is 2.65. The normalized spacial score (nSPS) is 12.1. The number of thioether (sulfide) groups is 1. The third-order valence-corrected chi connectivity index (χ3v) is 3.33. The Balaban J connectivity index is 2.60. The number of carbonyl (C=O) groups excluding carboxylic acids is 1. The fourth-order valence-electron chi connectivity index (χ4n) is 0.660. The number of anilines is 1. The minimum absolute atomic E-state index is 0.228. The van der Waals surface area contributed by atoms with Crippen LogP contribution >= 0.6 is 23.1 Å². The number of carboxylic acids is 1. The van der Waals surface area contributed by atoms with Crippen molar-refractivity contribution < 1.29 is 14.7 Å². The molecule has 1 rings (SSSR count). The number of carbonyl (C=O) groups is 2. The molecule has 1 atom stereocenters. The van der Waals surface area contributed by atoms with E-state index in [9.17, 15) is 9.59 Å². The van der Waals surface area contributed by atoms with Crippen LogP contribution in [-0.2, 0) is 9.59 Å². The third-order valence-electron chi connectivity index (χ3n) is 1.31. The van der Waals surface area contributed by atoms with E-state index in [1.54, 1.807) is 6.92 Å². The second-order valence-corrected chi connectivity index (χ2v) is 5.22. The van der Waals surface area contributed by atoms with Crippen molar-refractivity contribution in [3.63, 3.8) is 0 Å². The Bertz CT molecular complexity index is 379. The summed E-state index contributed by atoms with van der Waals surface area (Å²) in [6, 6.07) is 0. The Morgan fingerprint density at radius 3 is 2.73 bits per heavy atom. The summed E-state index contributed by atoms with van der Waals surface area (Å²) in [5, 5.41) is 18.4. The predicted octanol–water partition coefficient (Wildman–Crippen LogP) is 1.06. The molecule has 0 fully saturated rings.